The number of benzene rings is 2. The van der Waals surface area contributed by atoms with Crippen LogP contribution in [0.15, 0.2) is 42.5 Å². The van der Waals surface area contributed by atoms with Crippen LogP contribution in [0.2, 0.25) is 0 Å². The van der Waals surface area contributed by atoms with Gasteiger partial charge in [0.15, 0.2) is 0 Å². The normalized spacial score (nSPS) is 10.2. The molecule has 3 N–H and O–H groups in total. The highest BCUT2D eigenvalue weighted by atomic mass is 16.5. The first kappa shape index (κ1) is 14.9. The van der Waals surface area contributed by atoms with E-state index in [1.807, 2.05) is 44.2 Å². The number of nitrogens with one attached hydrogen (secondary N) is 1. The van der Waals surface area contributed by atoms with Crippen molar-refractivity contribution >= 4 is 11.6 Å². The Morgan fingerprint density at radius 2 is 2.00 bits per heavy atom. The molecule has 0 bridgehead atoms. The molecule has 0 fully saturated rings. The summed E-state index contributed by atoms with van der Waals surface area (Å²) < 4.78 is 5.53. The molecule has 0 aliphatic carbocycles. The topological polar surface area (TPSA) is 64.3 Å². The number of nitrogens with two attached hydrogens (primary N) is 1. The minimum Gasteiger partial charge on any atom is -0.492 e. The third-order valence-corrected chi connectivity index (χ3v) is 3.15. The first-order valence-corrected chi connectivity index (χ1v) is 6.90. The molecule has 0 aliphatic heterocycles. The summed E-state index contributed by atoms with van der Waals surface area (Å²) in [5, 5.41) is 2.86. The van der Waals surface area contributed by atoms with E-state index in [9.17, 15) is 4.79 Å². The fraction of sp³-hybridized carbons (Fsp3) is 0.235. The summed E-state index contributed by atoms with van der Waals surface area (Å²) in [4.78, 5) is 12.1. The monoisotopic (exact) mass is 284 g/mol. The second-order valence-electron chi connectivity index (χ2n) is 5.00. The van der Waals surface area contributed by atoms with Crippen LogP contribution in [0.3, 0.4) is 0 Å². The molecule has 21 heavy (non-hydrogen) atoms. The van der Waals surface area contributed by atoms with E-state index in [1.54, 1.807) is 12.1 Å². The molecule has 110 valence electrons. The molecule has 1 amide bonds. The maximum atomic E-state index is 12.1. The average molecular weight is 284 g/mol. The first-order chi connectivity index (χ1) is 10.1. The molecule has 4 heteroatoms. The smallest absolute Gasteiger partial charge is 0.251 e. The highest BCUT2D eigenvalue weighted by Gasteiger charge is 2.08. The van der Waals surface area contributed by atoms with Gasteiger partial charge in [0.05, 0.1) is 6.54 Å². The molecule has 0 unspecified atom stereocenters. The number of carbonyl (C=O) groups is 1. The highest BCUT2D eigenvalue weighted by Crippen LogP contribution is 2.14. The highest BCUT2D eigenvalue weighted by molar-refractivity contribution is 5.95. The summed E-state index contributed by atoms with van der Waals surface area (Å²) in [5.74, 6) is 0.628. The van der Waals surface area contributed by atoms with Gasteiger partial charge in [0, 0.05) is 17.3 Å². The largest absolute Gasteiger partial charge is 0.492 e. The zero-order valence-corrected chi connectivity index (χ0v) is 12.3. The van der Waals surface area contributed by atoms with Crippen molar-refractivity contribution < 1.29 is 9.53 Å². The van der Waals surface area contributed by atoms with Gasteiger partial charge in [-0.05, 0) is 37.6 Å². The second kappa shape index (κ2) is 6.79. The number of anilines is 1. The molecule has 0 atom stereocenters. The number of carbonyl (C=O) groups excluding carboxylic acids is 1. The zero-order chi connectivity index (χ0) is 15.2. The molecule has 4 nitrogen and oxygen atoms in total. The van der Waals surface area contributed by atoms with Crippen molar-refractivity contribution in [1.82, 2.24) is 5.32 Å². The quantitative estimate of drug-likeness (QED) is 0.655. The Labute approximate surface area is 124 Å². The molecule has 2 aromatic carbocycles. The summed E-state index contributed by atoms with van der Waals surface area (Å²) in [5.41, 5.74) is 9.07. The molecule has 2 aromatic rings. The van der Waals surface area contributed by atoms with E-state index in [-0.39, 0.29) is 5.91 Å². The Morgan fingerprint density at radius 1 is 1.19 bits per heavy atom. The van der Waals surface area contributed by atoms with Crippen molar-refractivity contribution in [2.45, 2.75) is 13.8 Å². The van der Waals surface area contributed by atoms with Gasteiger partial charge in [-0.25, -0.2) is 0 Å². The Morgan fingerprint density at radius 3 is 2.76 bits per heavy atom. The minimum atomic E-state index is -0.0765. The number of hydrogen-bond donors (Lipinski definition) is 2. The van der Waals surface area contributed by atoms with E-state index in [1.165, 1.54) is 0 Å². The van der Waals surface area contributed by atoms with Gasteiger partial charge in [-0.15, -0.1) is 0 Å². The average Bonchev–Trinajstić information content (AvgIpc) is 2.46. The van der Waals surface area contributed by atoms with Gasteiger partial charge in [0.1, 0.15) is 12.4 Å². The van der Waals surface area contributed by atoms with E-state index >= 15 is 0 Å². The molecule has 0 saturated heterocycles. The van der Waals surface area contributed by atoms with E-state index in [0.717, 1.165) is 11.1 Å². The van der Waals surface area contributed by atoms with Crippen molar-refractivity contribution in [3.8, 4) is 5.75 Å². The fourth-order valence-corrected chi connectivity index (χ4v) is 2.01. The van der Waals surface area contributed by atoms with Gasteiger partial charge in [-0.1, -0.05) is 23.8 Å². The van der Waals surface area contributed by atoms with Crippen LogP contribution in [0, 0.1) is 13.8 Å². The lowest BCUT2D eigenvalue weighted by atomic mass is 10.1. The summed E-state index contributed by atoms with van der Waals surface area (Å²) in [7, 11) is 0. The van der Waals surface area contributed by atoms with Crippen LogP contribution in [0.5, 0.6) is 5.75 Å². The van der Waals surface area contributed by atoms with Crippen molar-refractivity contribution in [3.05, 3.63) is 59.2 Å². The maximum absolute atomic E-state index is 12.1. The van der Waals surface area contributed by atoms with Gasteiger partial charge in [-0.2, -0.15) is 0 Å². The van der Waals surface area contributed by atoms with E-state index in [0.29, 0.717) is 30.2 Å². The van der Waals surface area contributed by atoms with E-state index in [2.05, 4.69) is 5.32 Å². The van der Waals surface area contributed by atoms with Crippen molar-refractivity contribution in [2.75, 3.05) is 18.9 Å². The molecule has 0 radical (unpaired) electrons. The van der Waals surface area contributed by atoms with Crippen LogP contribution >= 0.6 is 0 Å². The van der Waals surface area contributed by atoms with Gasteiger partial charge >= 0.3 is 0 Å². The van der Waals surface area contributed by atoms with Gasteiger partial charge in [0.25, 0.3) is 5.91 Å². The van der Waals surface area contributed by atoms with E-state index < -0.39 is 0 Å². The van der Waals surface area contributed by atoms with Gasteiger partial charge in [-0.3, -0.25) is 4.79 Å². The molecular formula is C17H20N2O2. The SMILES string of the molecule is Cc1ccc(C)c(C(=O)NCCOc2cccc(N)c2)c1. The number of aryl methyl sites for hydroxylation is 2. The third kappa shape index (κ3) is 4.24. The maximum Gasteiger partial charge on any atom is 0.251 e. The second-order valence-corrected chi connectivity index (χ2v) is 5.00. The van der Waals surface area contributed by atoms with E-state index in [4.69, 9.17) is 10.5 Å². The number of amides is 1. The van der Waals surface area contributed by atoms with Crippen molar-refractivity contribution in [3.63, 3.8) is 0 Å². The van der Waals surface area contributed by atoms with Crippen LogP contribution in [0.1, 0.15) is 21.5 Å². The molecule has 0 aliphatic rings. The predicted octanol–water partition coefficient (Wildman–Crippen LogP) is 2.69. The zero-order valence-electron chi connectivity index (χ0n) is 12.3. The predicted molar refractivity (Wildman–Crippen MR) is 84.6 cm³/mol. The molecular weight excluding hydrogens is 264 g/mol. The molecule has 0 aromatic heterocycles. The van der Waals surface area contributed by atoms with Crippen molar-refractivity contribution in [2.24, 2.45) is 0 Å². The van der Waals surface area contributed by atoms with Crippen molar-refractivity contribution in [1.29, 1.82) is 0 Å². The number of nitrogen functional groups attached to an aromatic ring is 1. The lowest BCUT2D eigenvalue weighted by molar-refractivity contribution is 0.0946. The molecule has 2 rings (SSSR count). The summed E-state index contributed by atoms with van der Waals surface area (Å²) >= 11 is 0. The number of rotatable bonds is 5. The Bertz CT molecular complexity index is 638. The Balaban J connectivity index is 1.83. The standard InChI is InChI=1S/C17H20N2O2/c1-12-6-7-13(2)16(10-12)17(20)19-8-9-21-15-5-3-4-14(18)11-15/h3-7,10-11H,8-9,18H2,1-2H3,(H,19,20). The summed E-state index contributed by atoms with van der Waals surface area (Å²) in [6, 6.07) is 13.1. The summed E-state index contributed by atoms with van der Waals surface area (Å²) in [6.07, 6.45) is 0. The number of hydrogen-bond acceptors (Lipinski definition) is 3. The third-order valence-electron chi connectivity index (χ3n) is 3.15. The van der Waals surface area contributed by atoms with Gasteiger partial charge in [0.2, 0.25) is 0 Å². The van der Waals surface area contributed by atoms with Gasteiger partial charge < -0.3 is 15.8 Å². The van der Waals surface area contributed by atoms with Crippen LogP contribution < -0.4 is 15.8 Å². The first-order valence-electron chi connectivity index (χ1n) is 6.90. The Kier molecular flexibility index (Phi) is 4.82. The lowest BCUT2D eigenvalue weighted by Crippen LogP contribution is -2.28. The van der Waals surface area contributed by atoms with Crippen LogP contribution in [0.4, 0.5) is 5.69 Å². The Hall–Kier alpha value is -2.49. The van der Waals surface area contributed by atoms with Crippen LogP contribution in [-0.4, -0.2) is 19.1 Å². The number of ether oxygens (including phenoxy) is 1. The molecule has 0 heterocycles. The van der Waals surface area contributed by atoms with Crippen LogP contribution in [0.25, 0.3) is 0 Å². The summed E-state index contributed by atoms with van der Waals surface area (Å²) in [6.45, 7) is 4.75. The minimum absolute atomic E-state index is 0.0765. The fourth-order valence-electron chi connectivity index (χ4n) is 2.01. The molecule has 0 spiro atoms. The lowest BCUT2D eigenvalue weighted by Gasteiger charge is -2.10. The molecule has 0 saturated carbocycles. The van der Waals surface area contributed by atoms with Crippen LogP contribution in [-0.2, 0) is 0 Å².